The molecule has 0 saturated heterocycles. The Morgan fingerprint density at radius 1 is 1.50 bits per heavy atom. The van der Waals surface area contributed by atoms with Crippen LogP contribution in [0.4, 0.5) is 4.79 Å². The summed E-state index contributed by atoms with van der Waals surface area (Å²) in [5.41, 5.74) is 4.89. The summed E-state index contributed by atoms with van der Waals surface area (Å²) in [4.78, 5) is 31.0. The first-order chi connectivity index (χ1) is 7.63. The van der Waals surface area contributed by atoms with Crippen molar-refractivity contribution in [1.29, 1.82) is 0 Å². The summed E-state index contributed by atoms with van der Waals surface area (Å²) in [6, 6.07) is -1.27. The van der Waals surface area contributed by atoms with E-state index in [0.717, 1.165) is 6.08 Å². The van der Waals surface area contributed by atoms with Crippen molar-refractivity contribution in [2.45, 2.75) is 12.5 Å². The maximum Gasteiger partial charge on any atom is 0.312 e. The summed E-state index contributed by atoms with van der Waals surface area (Å²) in [6.07, 6.45) is 1.96. The van der Waals surface area contributed by atoms with Gasteiger partial charge in [0.05, 0.1) is 6.04 Å². The van der Waals surface area contributed by atoms with Crippen molar-refractivity contribution in [3.05, 3.63) is 11.8 Å². The lowest BCUT2D eigenvalue weighted by Crippen LogP contribution is -2.41. The molecular weight excluding hydrogens is 216 g/mol. The highest BCUT2D eigenvalue weighted by Gasteiger charge is 2.11. The fraction of sp³-hybridized carbons (Fsp3) is 0.444. The van der Waals surface area contributed by atoms with Gasteiger partial charge in [-0.15, -0.1) is 0 Å². The first kappa shape index (κ1) is 14.1. The number of amides is 2. The van der Waals surface area contributed by atoms with E-state index in [-0.39, 0.29) is 25.4 Å². The van der Waals surface area contributed by atoms with Crippen LogP contribution in [0.25, 0.3) is 0 Å². The van der Waals surface area contributed by atoms with Gasteiger partial charge >= 0.3 is 6.03 Å². The molecular formula is C9H14N2O5. The minimum atomic E-state index is -0.755. The minimum Gasteiger partial charge on any atom is -0.488 e. The van der Waals surface area contributed by atoms with Crippen LogP contribution < -0.4 is 11.1 Å². The third-order valence-electron chi connectivity index (χ3n) is 1.62. The van der Waals surface area contributed by atoms with E-state index in [1.165, 1.54) is 0 Å². The van der Waals surface area contributed by atoms with Gasteiger partial charge in [-0.1, -0.05) is 0 Å². The van der Waals surface area contributed by atoms with Crippen molar-refractivity contribution in [3.63, 3.8) is 0 Å². The third-order valence-corrected chi connectivity index (χ3v) is 1.62. The standard InChI is InChI=1S/C9H14N2O5/c10-9(15)11-7(1-3-12)6-16-8(5-14)2-4-13/h2,4-5,7,12H,1,3,6H2,(H3,10,11,15)/b8-2-. The molecule has 90 valence electrons. The molecule has 0 saturated carbocycles. The number of allylic oxidation sites excluding steroid dienone is 2. The number of rotatable bonds is 8. The third kappa shape index (κ3) is 6.55. The summed E-state index contributed by atoms with van der Waals surface area (Å²) >= 11 is 0. The molecule has 1 atom stereocenters. The number of aliphatic hydroxyl groups is 1. The van der Waals surface area contributed by atoms with Gasteiger partial charge in [0.1, 0.15) is 12.9 Å². The van der Waals surface area contributed by atoms with Gasteiger partial charge in [0.2, 0.25) is 0 Å². The molecule has 0 aliphatic heterocycles. The number of nitrogens with one attached hydrogen (secondary N) is 1. The molecule has 0 aliphatic carbocycles. The van der Waals surface area contributed by atoms with E-state index in [1.807, 2.05) is 0 Å². The van der Waals surface area contributed by atoms with Gasteiger partial charge < -0.3 is 20.9 Å². The first-order valence-electron chi connectivity index (χ1n) is 4.54. The molecule has 0 spiro atoms. The highest BCUT2D eigenvalue weighted by molar-refractivity contribution is 5.79. The molecule has 0 aromatic rings. The number of primary amides is 1. The van der Waals surface area contributed by atoms with Gasteiger partial charge in [0, 0.05) is 12.7 Å². The van der Waals surface area contributed by atoms with Gasteiger partial charge in [-0.25, -0.2) is 4.79 Å². The molecule has 4 N–H and O–H groups in total. The Balaban J connectivity index is 4.18. The van der Waals surface area contributed by atoms with Crippen LogP contribution in [0.2, 0.25) is 0 Å². The fourth-order valence-corrected chi connectivity index (χ4v) is 0.939. The van der Waals surface area contributed by atoms with Crippen LogP contribution in [-0.2, 0) is 14.3 Å². The monoisotopic (exact) mass is 230 g/mol. The Morgan fingerprint density at radius 3 is 2.62 bits per heavy atom. The van der Waals surface area contributed by atoms with Crippen molar-refractivity contribution in [2.24, 2.45) is 5.73 Å². The Hall–Kier alpha value is -1.89. The number of carbonyl (C=O) groups excluding carboxylic acids is 3. The number of nitrogens with two attached hydrogens (primary N) is 1. The normalized spacial score (nSPS) is 12.7. The molecule has 16 heavy (non-hydrogen) atoms. The zero-order valence-corrected chi connectivity index (χ0v) is 8.59. The number of hydrogen-bond acceptors (Lipinski definition) is 5. The molecule has 0 heterocycles. The van der Waals surface area contributed by atoms with Crippen LogP contribution in [0, 0.1) is 0 Å². The zero-order valence-electron chi connectivity index (χ0n) is 8.59. The largest absolute Gasteiger partial charge is 0.488 e. The molecule has 0 aliphatic rings. The highest BCUT2D eigenvalue weighted by Crippen LogP contribution is 1.98. The maximum atomic E-state index is 10.6. The van der Waals surface area contributed by atoms with Gasteiger partial charge in [0.25, 0.3) is 0 Å². The molecule has 7 heteroatoms. The fourth-order valence-electron chi connectivity index (χ4n) is 0.939. The predicted molar refractivity (Wildman–Crippen MR) is 54.4 cm³/mol. The lowest BCUT2D eigenvalue weighted by Gasteiger charge is -2.16. The van der Waals surface area contributed by atoms with Crippen LogP contribution >= 0.6 is 0 Å². The Morgan fingerprint density at radius 2 is 2.19 bits per heavy atom. The average Bonchev–Trinajstić information content (AvgIpc) is 2.23. The number of urea groups is 1. The molecule has 0 rings (SSSR count). The number of aldehydes is 2. The number of aliphatic hydroxyl groups excluding tert-OH is 1. The first-order valence-corrected chi connectivity index (χ1v) is 4.54. The van der Waals surface area contributed by atoms with E-state index < -0.39 is 12.1 Å². The molecule has 0 fully saturated rings. The van der Waals surface area contributed by atoms with Crippen molar-refractivity contribution in [1.82, 2.24) is 5.32 Å². The second-order valence-corrected chi connectivity index (χ2v) is 2.85. The van der Waals surface area contributed by atoms with Crippen molar-refractivity contribution in [3.8, 4) is 0 Å². The lowest BCUT2D eigenvalue weighted by molar-refractivity contribution is -0.109. The van der Waals surface area contributed by atoms with E-state index in [0.29, 0.717) is 12.6 Å². The zero-order chi connectivity index (χ0) is 12.4. The van der Waals surface area contributed by atoms with E-state index in [1.54, 1.807) is 0 Å². The molecule has 1 unspecified atom stereocenters. The van der Waals surface area contributed by atoms with Gasteiger partial charge in [-0.2, -0.15) is 0 Å². The van der Waals surface area contributed by atoms with Crippen LogP contribution in [0.3, 0.4) is 0 Å². The molecule has 0 aromatic carbocycles. The van der Waals surface area contributed by atoms with E-state index in [2.05, 4.69) is 5.32 Å². The Bertz CT molecular complexity index is 277. The Kier molecular flexibility index (Phi) is 7.43. The molecule has 2 amide bonds. The summed E-state index contributed by atoms with van der Waals surface area (Å²) in [6.45, 7) is -0.218. The quantitative estimate of drug-likeness (QED) is 0.272. The van der Waals surface area contributed by atoms with E-state index in [9.17, 15) is 14.4 Å². The lowest BCUT2D eigenvalue weighted by atomic mass is 10.2. The van der Waals surface area contributed by atoms with Crippen LogP contribution in [-0.4, -0.2) is 43.0 Å². The topological polar surface area (TPSA) is 119 Å². The molecule has 0 radical (unpaired) electrons. The van der Waals surface area contributed by atoms with Crippen LogP contribution in [0.1, 0.15) is 6.42 Å². The molecule has 7 nitrogen and oxygen atoms in total. The van der Waals surface area contributed by atoms with Crippen LogP contribution in [0.5, 0.6) is 0 Å². The maximum absolute atomic E-state index is 10.6. The smallest absolute Gasteiger partial charge is 0.312 e. The van der Waals surface area contributed by atoms with E-state index in [4.69, 9.17) is 15.6 Å². The molecule has 0 bridgehead atoms. The van der Waals surface area contributed by atoms with E-state index >= 15 is 0 Å². The van der Waals surface area contributed by atoms with Crippen molar-refractivity contribution in [2.75, 3.05) is 13.2 Å². The minimum absolute atomic E-state index is 0.0537. The summed E-state index contributed by atoms with van der Waals surface area (Å²) in [5, 5.41) is 11.0. The SMILES string of the molecule is NC(=O)NC(CCO)CO/C(C=O)=C\C=O. The number of ether oxygens (including phenoxy) is 1. The number of hydrogen-bond donors (Lipinski definition) is 3. The highest BCUT2D eigenvalue weighted by atomic mass is 16.5. The van der Waals surface area contributed by atoms with Crippen LogP contribution in [0.15, 0.2) is 11.8 Å². The van der Waals surface area contributed by atoms with Gasteiger partial charge in [-0.3, -0.25) is 9.59 Å². The summed E-state index contributed by atoms with van der Waals surface area (Å²) in [5.74, 6) is -0.149. The van der Waals surface area contributed by atoms with Gasteiger partial charge in [0.15, 0.2) is 12.0 Å². The van der Waals surface area contributed by atoms with Gasteiger partial charge in [-0.05, 0) is 6.42 Å². The summed E-state index contributed by atoms with van der Waals surface area (Å²) in [7, 11) is 0. The average molecular weight is 230 g/mol. The second kappa shape index (κ2) is 8.42. The summed E-state index contributed by atoms with van der Waals surface area (Å²) < 4.78 is 4.93. The molecule has 0 aromatic heterocycles. The number of carbonyl (C=O) groups is 3. The van der Waals surface area contributed by atoms with Crippen molar-refractivity contribution >= 4 is 18.6 Å². The van der Waals surface area contributed by atoms with Crippen molar-refractivity contribution < 1.29 is 24.2 Å². The Labute approximate surface area is 92.3 Å². The second-order valence-electron chi connectivity index (χ2n) is 2.85. The predicted octanol–water partition coefficient (Wildman–Crippen LogP) is -1.30.